The van der Waals surface area contributed by atoms with Gasteiger partial charge in [0.05, 0.1) is 42.7 Å². The fraction of sp³-hybridized carbons (Fsp3) is 0.176. The molecule has 5 N–H and O–H groups in total. The largest absolute Gasteiger partial charge is 0.496 e. The van der Waals surface area contributed by atoms with Crippen molar-refractivity contribution in [2.75, 3.05) is 32.8 Å². The number of nitrogens with two attached hydrogens (primary N) is 2. The van der Waals surface area contributed by atoms with Crippen molar-refractivity contribution in [2.45, 2.75) is 0 Å². The first kappa shape index (κ1) is 22.2. The van der Waals surface area contributed by atoms with E-state index in [4.69, 9.17) is 49.2 Å². The van der Waals surface area contributed by atoms with Crippen LogP contribution in [0.4, 0.5) is 11.4 Å². The Balaban J connectivity index is 0.000000271. The van der Waals surface area contributed by atoms with E-state index in [0.717, 1.165) is 0 Å². The van der Waals surface area contributed by atoms with Crippen LogP contribution in [-0.4, -0.2) is 38.4 Å². The predicted molar refractivity (Wildman–Crippen MR) is 103 cm³/mol. The van der Waals surface area contributed by atoms with E-state index in [1.54, 1.807) is 0 Å². The molecule has 0 radical (unpaired) electrons. The normalized spacial score (nSPS) is 9.67. The van der Waals surface area contributed by atoms with Crippen molar-refractivity contribution in [1.29, 1.82) is 0 Å². The topological polar surface area (TPSA) is 134 Å². The van der Waals surface area contributed by atoms with Gasteiger partial charge in [-0.3, -0.25) is 0 Å². The van der Waals surface area contributed by atoms with Crippen LogP contribution in [0.15, 0.2) is 24.3 Å². The van der Waals surface area contributed by atoms with Gasteiger partial charge in [0.2, 0.25) is 0 Å². The molecule has 0 aliphatic carbocycles. The van der Waals surface area contributed by atoms with Gasteiger partial charge < -0.3 is 30.8 Å². The summed E-state index contributed by atoms with van der Waals surface area (Å²) in [5.41, 5.74) is 11.9. The number of carboxylic acid groups (broad SMARTS) is 1. The van der Waals surface area contributed by atoms with Gasteiger partial charge in [-0.15, -0.1) is 0 Å². The summed E-state index contributed by atoms with van der Waals surface area (Å²) < 4.78 is 14.3. The second-order valence-electron chi connectivity index (χ2n) is 4.94. The molecule has 0 amide bonds. The molecular formula is C17H18Cl2N2O6. The van der Waals surface area contributed by atoms with Crippen molar-refractivity contribution in [1.82, 2.24) is 0 Å². The third kappa shape index (κ3) is 5.57. The van der Waals surface area contributed by atoms with Gasteiger partial charge >= 0.3 is 11.9 Å². The van der Waals surface area contributed by atoms with Gasteiger partial charge in [-0.2, -0.15) is 0 Å². The number of rotatable bonds is 4. The summed E-state index contributed by atoms with van der Waals surface area (Å²) in [6.45, 7) is 0. The highest BCUT2D eigenvalue weighted by Gasteiger charge is 2.15. The Morgan fingerprint density at radius 3 is 1.63 bits per heavy atom. The Bertz CT molecular complexity index is 858. The first-order chi connectivity index (χ1) is 12.7. The SMILES string of the molecule is COC(=O)c1cc(Cl)c(N)cc1OC.COc1cc(N)c(Cl)cc1C(=O)O. The maximum Gasteiger partial charge on any atom is 0.341 e. The van der Waals surface area contributed by atoms with Crippen molar-refractivity contribution in [3.63, 3.8) is 0 Å². The molecule has 2 aromatic carbocycles. The number of methoxy groups -OCH3 is 3. The van der Waals surface area contributed by atoms with Gasteiger partial charge in [-0.25, -0.2) is 9.59 Å². The van der Waals surface area contributed by atoms with E-state index in [2.05, 4.69) is 4.74 Å². The number of aromatic carboxylic acids is 1. The molecule has 0 aliphatic rings. The Morgan fingerprint density at radius 1 is 0.852 bits per heavy atom. The number of ether oxygens (including phenoxy) is 3. The fourth-order valence-corrected chi connectivity index (χ4v) is 2.24. The minimum Gasteiger partial charge on any atom is -0.496 e. The second-order valence-corrected chi connectivity index (χ2v) is 5.76. The first-order valence-electron chi connectivity index (χ1n) is 7.23. The standard InChI is InChI=1S/C9H10ClNO3.C8H8ClNO3/c1-13-8-4-7(11)6(10)3-5(8)9(12)14-2;1-13-7-3-6(10)5(9)2-4(7)8(11)12/h3-4H,11H2,1-2H3;2-3H,10H2,1H3,(H,11,12). The lowest BCUT2D eigenvalue weighted by molar-refractivity contribution is 0.0596. The maximum atomic E-state index is 11.3. The zero-order valence-corrected chi connectivity index (χ0v) is 16.2. The summed E-state index contributed by atoms with van der Waals surface area (Å²) >= 11 is 11.4. The number of carboxylic acids is 1. The van der Waals surface area contributed by atoms with Crippen LogP contribution in [0.5, 0.6) is 11.5 Å². The van der Waals surface area contributed by atoms with Crippen LogP contribution in [-0.2, 0) is 4.74 Å². The smallest absolute Gasteiger partial charge is 0.341 e. The predicted octanol–water partition coefficient (Wildman–Crippen LogP) is 3.35. The number of benzene rings is 2. The van der Waals surface area contributed by atoms with Crippen molar-refractivity contribution in [2.24, 2.45) is 0 Å². The Kier molecular flexibility index (Phi) is 8.01. The highest BCUT2D eigenvalue weighted by Crippen LogP contribution is 2.29. The van der Waals surface area contributed by atoms with Gasteiger partial charge in [-0.05, 0) is 12.1 Å². The van der Waals surface area contributed by atoms with E-state index >= 15 is 0 Å². The molecule has 2 rings (SSSR count). The first-order valence-corrected chi connectivity index (χ1v) is 7.99. The molecule has 2 aromatic rings. The van der Waals surface area contributed by atoms with Gasteiger partial charge in [0.25, 0.3) is 0 Å². The lowest BCUT2D eigenvalue weighted by Gasteiger charge is -2.08. The van der Waals surface area contributed by atoms with E-state index in [-0.39, 0.29) is 21.9 Å². The van der Waals surface area contributed by atoms with Gasteiger partial charge in [-0.1, -0.05) is 23.2 Å². The van der Waals surface area contributed by atoms with Crippen molar-refractivity contribution in [3.8, 4) is 11.5 Å². The molecule has 0 aromatic heterocycles. The summed E-state index contributed by atoms with van der Waals surface area (Å²) in [6.07, 6.45) is 0. The van der Waals surface area contributed by atoms with Gasteiger partial charge in [0.15, 0.2) is 0 Å². The van der Waals surface area contributed by atoms with Gasteiger partial charge in [0.1, 0.15) is 22.6 Å². The van der Waals surface area contributed by atoms with E-state index in [9.17, 15) is 9.59 Å². The van der Waals surface area contributed by atoms with Crippen molar-refractivity contribution >= 4 is 46.5 Å². The van der Waals surface area contributed by atoms with Crippen LogP contribution < -0.4 is 20.9 Å². The number of carbonyl (C=O) groups is 2. The van der Waals surface area contributed by atoms with E-state index in [0.29, 0.717) is 22.1 Å². The summed E-state index contributed by atoms with van der Waals surface area (Å²) in [5, 5.41) is 9.24. The fourth-order valence-electron chi connectivity index (χ4n) is 1.91. The van der Waals surface area contributed by atoms with E-state index in [1.807, 2.05) is 0 Å². The van der Waals surface area contributed by atoms with E-state index in [1.165, 1.54) is 45.6 Å². The molecular weight excluding hydrogens is 399 g/mol. The Morgan fingerprint density at radius 2 is 1.26 bits per heavy atom. The molecule has 0 saturated carbocycles. The molecule has 0 spiro atoms. The lowest BCUT2D eigenvalue weighted by Crippen LogP contribution is -2.05. The zero-order chi connectivity index (χ0) is 20.7. The number of esters is 1. The molecule has 0 atom stereocenters. The average molecular weight is 417 g/mol. The van der Waals surface area contributed by atoms with Crippen LogP contribution in [0.1, 0.15) is 20.7 Å². The Labute approximate surface area is 165 Å². The quantitative estimate of drug-likeness (QED) is 0.509. The number of anilines is 2. The summed E-state index contributed by atoms with van der Waals surface area (Å²) in [7, 11) is 4.09. The van der Waals surface area contributed by atoms with Crippen molar-refractivity contribution in [3.05, 3.63) is 45.4 Å². The molecule has 0 bridgehead atoms. The minimum atomic E-state index is -1.10. The van der Waals surface area contributed by atoms with Crippen LogP contribution in [0.2, 0.25) is 10.0 Å². The monoisotopic (exact) mass is 416 g/mol. The molecule has 146 valence electrons. The summed E-state index contributed by atoms with van der Waals surface area (Å²) in [4.78, 5) is 21.9. The highest BCUT2D eigenvalue weighted by molar-refractivity contribution is 6.33. The van der Waals surface area contributed by atoms with E-state index < -0.39 is 11.9 Å². The molecule has 10 heteroatoms. The van der Waals surface area contributed by atoms with Crippen molar-refractivity contribution < 1.29 is 28.9 Å². The second kappa shape index (κ2) is 9.75. The summed E-state index contributed by atoms with van der Waals surface area (Å²) in [6, 6.07) is 5.54. The minimum absolute atomic E-state index is 0.00157. The average Bonchev–Trinajstić information content (AvgIpc) is 2.64. The van der Waals surface area contributed by atoms with Crippen LogP contribution in [0.3, 0.4) is 0 Å². The maximum absolute atomic E-state index is 11.3. The number of carbonyl (C=O) groups excluding carboxylic acids is 1. The molecule has 0 unspecified atom stereocenters. The third-order valence-corrected chi connectivity index (χ3v) is 3.93. The Hall–Kier alpha value is -2.84. The third-order valence-electron chi connectivity index (χ3n) is 3.27. The number of hydrogen-bond donors (Lipinski definition) is 3. The van der Waals surface area contributed by atoms with Crippen LogP contribution in [0, 0.1) is 0 Å². The molecule has 0 heterocycles. The summed E-state index contributed by atoms with van der Waals surface area (Å²) in [5.74, 6) is -1.06. The molecule has 8 nitrogen and oxygen atoms in total. The van der Waals surface area contributed by atoms with Crippen LogP contribution >= 0.6 is 23.2 Å². The van der Waals surface area contributed by atoms with Gasteiger partial charge in [0, 0.05) is 12.1 Å². The number of hydrogen-bond acceptors (Lipinski definition) is 7. The number of nitrogen functional groups attached to an aromatic ring is 2. The lowest BCUT2D eigenvalue weighted by atomic mass is 10.2. The van der Waals surface area contributed by atoms with Crippen LogP contribution in [0.25, 0.3) is 0 Å². The zero-order valence-electron chi connectivity index (χ0n) is 14.7. The molecule has 0 aliphatic heterocycles. The molecule has 0 fully saturated rings. The molecule has 0 saturated heterocycles. The molecule has 27 heavy (non-hydrogen) atoms. The number of halogens is 2. The highest BCUT2D eigenvalue weighted by atomic mass is 35.5.